The quantitative estimate of drug-likeness (QED) is 0.0195. The molecule has 11 heteroatoms. The van der Waals surface area contributed by atoms with Crippen LogP contribution in [0.1, 0.15) is 323 Å². The number of amides is 1. The molecular formula is C74H133NO10. The monoisotopic (exact) mass is 1200 g/mol. The Morgan fingerprint density at radius 3 is 1.24 bits per heavy atom. The minimum atomic E-state index is -1.62. The third-order valence-corrected chi connectivity index (χ3v) is 16.6. The summed E-state index contributed by atoms with van der Waals surface area (Å²) in [4.78, 5) is 26.7. The van der Waals surface area contributed by atoms with Gasteiger partial charge in [-0.1, -0.05) is 293 Å². The number of carbonyl (C=O) groups excluding carboxylic acids is 2. The molecule has 1 heterocycles. The summed E-state index contributed by atoms with van der Waals surface area (Å²) in [5, 5.41) is 57.3. The summed E-state index contributed by atoms with van der Waals surface area (Å²) in [5.74, 6) is -1.20. The van der Waals surface area contributed by atoms with Crippen LogP contribution in [0.15, 0.2) is 72.9 Å². The highest BCUT2D eigenvalue weighted by Crippen LogP contribution is 2.26. The van der Waals surface area contributed by atoms with Crippen LogP contribution in [0.3, 0.4) is 0 Å². The van der Waals surface area contributed by atoms with Crippen LogP contribution in [0, 0.1) is 0 Å². The lowest BCUT2D eigenvalue weighted by molar-refractivity contribution is -0.305. The number of unbranched alkanes of at least 4 members (excludes halogenated alkanes) is 37. The number of aliphatic hydroxyl groups excluding tert-OH is 5. The van der Waals surface area contributed by atoms with Gasteiger partial charge in [-0.3, -0.25) is 9.59 Å². The Hall–Kier alpha value is -2.90. The Bertz CT molecular complexity index is 1660. The van der Waals surface area contributed by atoms with Gasteiger partial charge in [-0.25, -0.2) is 0 Å². The first-order chi connectivity index (χ1) is 41.7. The molecule has 85 heavy (non-hydrogen) atoms. The van der Waals surface area contributed by atoms with Gasteiger partial charge in [0.2, 0.25) is 5.91 Å². The zero-order valence-electron chi connectivity index (χ0n) is 55.0. The normalized spacial score (nSPS) is 18.8. The zero-order chi connectivity index (χ0) is 61.7. The van der Waals surface area contributed by atoms with Gasteiger partial charge in [-0.2, -0.15) is 0 Å². The molecule has 11 nitrogen and oxygen atoms in total. The molecule has 0 aromatic carbocycles. The van der Waals surface area contributed by atoms with E-state index in [0.29, 0.717) is 12.8 Å². The second-order valence-electron chi connectivity index (χ2n) is 24.6. The van der Waals surface area contributed by atoms with E-state index in [-0.39, 0.29) is 19.4 Å². The van der Waals surface area contributed by atoms with Crippen LogP contribution in [0.5, 0.6) is 0 Å². The van der Waals surface area contributed by atoms with E-state index < -0.39 is 67.4 Å². The van der Waals surface area contributed by atoms with E-state index in [4.69, 9.17) is 14.2 Å². The molecule has 0 bridgehead atoms. The molecule has 1 aliphatic heterocycles. The van der Waals surface area contributed by atoms with Gasteiger partial charge in [-0.05, 0) is 96.3 Å². The molecule has 494 valence electrons. The fraction of sp³-hybridized carbons (Fsp3) is 0.811. The summed E-state index contributed by atoms with van der Waals surface area (Å²) in [6, 6.07) is -1.03. The largest absolute Gasteiger partial charge is 0.454 e. The topological polar surface area (TPSA) is 175 Å². The fourth-order valence-corrected chi connectivity index (χ4v) is 10.9. The van der Waals surface area contributed by atoms with Crippen molar-refractivity contribution in [3.8, 4) is 0 Å². The van der Waals surface area contributed by atoms with E-state index in [0.717, 1.165) is 96.3 Å². The van der Waals surface area contributed by atoms with Gasteiger partial charge in [0.05, 0.1) is 25.4 Å². The van der Waals surface area contributed by atoms with E-state index >= 15 is 0 Å². The number of nitrogens with one attached hydrogen (secondary N) is 1. The number of hydrogen-bond donors (Lipinski definition) is 6. The summed E-state index contributed by atoms with van der Waals surface area (Å²) in [7, 11) is 0. The molecule has 0 radical (unpaired) electrons. The lowest BCUT2D eigenvalue weighted by Gasteiger charge is -2.41. The predicted molar refractivity (Wildman–Crippen MR) is 356 cm³/mol. The molecule has 6 N–H and O–H groups in total. The minimum Gasteiger partial charge on any atom is -0.454 e. The second-order valence-corrected chi connectivity index (χ2v) is 24.6. The lowest BCUT2D eigenvalue weighted by atomic mass is 9.99. The molecule has 0 spiro atoms. The van der Waals surface area contributed by atoms with Crippen molar-refractivity contribution in [2.45, 2.75) is 372 Å². The zero-order valence-corrected chi connectivity index (χ0v) is 55.0. The number of ether oxygens (including phenoxy) is 3. The molecule has 1 fully saturated rings. The van der Waals surface area contributed by atoms with E-state index in [9.17, 15) is 35.1 Å². The Morgan fingerprint density at radius 2 is 0.812 bits per heavy atom. The van der Waals surface area contributed by atoms with Gasteiger partial charge in [-0.15, -0.1) is 0 Å². The molecule has 1 aliphatic rings. The molecule has 0 aromatic heterocycles. The number of rotatable bonds is 61. The van der Waals surface area contributed by atoms with Crippen molar-refractivity contribution in [3.05, 3.63) is 72.9 Å². The highest BCUT2D eigenvalue weighted by atomic mass is 16.7. The average molecular weight is 1200 g/mol. The molecule has 1 amide bonds. The summed E-state index contributed by atoms with van der Waals surface area (Å²) in [5.41, 5.74) is 0. The highest BCUT2D eigenvalue weighted by molar-refractivity contribution is 5.80. The van der Waals surface area contributed by atoms with Crippen LogP contribution in [-0.4, -0.2) is 99.6 Å². The number of aliphatic hydroxyl groups is 5. The number of hydrogen-bond acceptors (Lipinski definition) is 10. The van der Waals surface area contributed by atoms with Crippen molar-refractivity contribution in [3.63, 3.8) is 0 Å². The van der Waals surface area contributed by atoms with E-state index in [1.807, 2.05) is 6.08 Å². The third-order valence-electron chi connectivity index (χ3n) is 16.6. The molecule has 8 atom stereocenters. The van der Waals surface area contributed by atoms with E-state index in [2.05, 4.69) is 86.8 Å². The average Bonchev–Trinajstić information content (AvgIpc) is 2.49. The molecular weight excluding hydrogens is 1060 g/mol. The smallest absolute Gasteiger partial charge is 0.306 e. The van der Waals surface area contributed by atoms with Crippen LogP contribution in [0.25, 0.3) is 0 Å². The Morgan fingerprint density at radius 1 is 0.459 bits per heavy atom. The van der Waals surface area contributed by atoms with Gasteiger partial charge in [0.1, 0.15) is 24.4 Å². The van der Waals surface area contributed by atoms with Crippen molar-refractivity contribution in [1.82, 2.24) is 5.32 Å². The third kappa shape index (κ3) is 48.7. The summed E-state index contributed by atoms with van der Waals surface area (Å²) in [6.07, 6.45) is 69.3. The first-order valence-electron chi connectivity index (χ1n) is 35.7. The van der Waals surface area contributed by atoms with Crippen LogP contribution in [0.4, 0.5) is 0 Å². The maximum Gasteiger partial charge on any atom is 0.306 e. The minimum absolute atomic E-state index is 0.108. The molecule has 0 aliphatic carbocycles. The number of allylic oxidation sites excluding steroid dienone is 11. The van der Waals surface area contributed by atoms with Crippen LogP contribution in [0.2, 0.25) is 0 Å². The van der Waals surface area contributed by atoms with Crippen LogP contribution in [-0.2, 0) is 23.8 Å². The van der Waals surface area contributed by atoms with Gasteiger partial charge >= 0.3 is 5.97 Å². The number of carbonyl (C=O) groups is 2. The molecule has 0 saturated carbocycles. The van der Waals surface area contributed by atoms with Crippen molar-refractivity contribution in [2.75, 3.05) is 13.2 Å². The first-order valence-corrected chi connectivity index (χ1v) is 35.7. The molecule has 0 aromatic rings. The standard InChI is InChI=1S/C74H133NO10/c1-4-7-10-13-16-19-22-25-27-29-31-32-33-34-35-37-38-40-43-46-49-52-55-58-61-67(78)73(82)75-65(66(77)60-57-54-51-48-45-42-24-21-18-15-12-9-6-3)64-83-74-72(71(81)70(80)68(63-76)84-74)85-69(79)62-59-56-53-50-47-44-41-39-36-30-28-26-23-20-17-14-11-8-5-2/h16-17,19-20,25-28,36,39,57,60,65-68,70-72,74,76-78,80-81H,4-15,18,21-24,29-35,37-38,40-56,58-59,61-64H2,1-3H3,(H,75,82)/b19-16-,20-17-,27-25-,28-26-,39-36-,60-57+. The first kappa shape index (κ1) is 80.1. The maximum absolute atomic E-state index is 13.5. The number of esters is 1. The molecule has 8 unspecified atom stereocenters. The van der Waals surface area contributed by atoms with Crippen molar-refractivity contribution in [1.29, 1.82) is 0 Å². The lowest BCUT2D eigenvalue weighted by Crippen LogP contribution is -2.61. The maximum atomic E-state index is 13.5. The summed E-state index contributed by atoms with van der Waals surface area (Å²) < 4.78 is 17.7. The fourth-order valence-electron chi connectivity index (χ4n) is 10.9. The van der Waals surface area contributed by atoms with Gasteiger partial charge < -0.3 is 45.1 Å². The second kappa shape index (κ2) is 61.3. The molecule has 1 saturated heterocycles. The Kier molecular flexibility index (Phi) is 57.8. The van der Waals surface area contributed by atoms with E-state index in [1.54, 1.807) is 6.08 Å². The van der Waals surface area contributed by atoms with Crippen molar-refractivity contribution < 1.29 is 49.3 Å². The van der Waals surface area contributed by atoms with Crippen LogP contribution >= 0.6 is 0 Å². The highest BCUT2D eigenvalue weighted by Gasteiger charge is 2.47. The van der Waals surface area contributed by atoms with Gasteiger partial charge in [0.25, 0.3) is 0 Å². The Labute approximate surface area is 521 Å². The SMILES string of the molecule is CCCCC/C=C\C/C=C\C/C=C\CCCCCCCCC(=O)OC1C(OCC(NC(=O)C(O)CCCCCCCCCCCCCCCC/C=C\C/C=C\CCCCC)C(O)/C=C/CCCCCCCCCCCCC)OC(CO)C(O)C1O. The van der Waals surface area contributed by atoms with Gasteiger partial charge in [0, 0.05) is 6.42 Å². The summed E-state index contributed by atoms with van der Waals surface area (Å²) >= 11 is 0. The van der Waals surface area contributed by atoms with Crippen molar-refractivity contribution >= 4 is 11.9 Å². The van der Waals surface area contributed by atoms with Gasteiger partial charge in [0.15, 0.2) is 12.4 Å². The predicted octanol–water partition coefficient (Wildman–Crippen LogP) is 18.3. The molecule has 1 rings (SSSR count). The van der Waals surface area contributed by atoms with E-state index in [1.165, 1.54) is 180 Å². The summed E-state index contributed by atoms with van der Waals surface area (Å²) in [6.45, 7) is 5.77. The Balaban J connectivity index is 2.60. The van der Waals surface area contributed by atoms with Crippen molar-refractivity contribution in [2.24, 2.45) is 0 Å². The van der Waals surface area contributed by atoms with Crippen LogP contribution < -0.4 is 5.32 Å².